The van der Waals surface area contributed by atoms with E-state index in [9.17, 15) is 18.0 Å². The summed E-state index contributed by atoms with van der Waals surface area (Å²) in [4.78, 5) is 21.3. The van der Waals surface area contributed by atoms with Crippen LogP contribution >= 0.6 is 0 Å². The van der Waals surface area contributed by atoms with Crippen LogP contribution in [0.15, 0.2) is 29.0 Å². The molecule has 0 N–H and O–H groups in total. The van der Waals surface area contributed by atoms with Crippen LogP contribution in [0.25, 0.3) is 0 Å². The summed E-state index contributed by atoms with van der Waals surface area (Å²) >= 11 is 0. The minimum atomic E-state index is -4.80. The van der Waals surface area contributed by atoms with E-state index in [0.29, 0.717) is 0 Å². The first-order chi connectivity index (χ1) is 11.8. The van der Waals surface area contributed by atoms with Gasteiger partial charge in [0.25, 0.3) is 5.91 Å². The van der Waals surface area contributed by atoms with Crippen molar-refractivity contribution in [2.24, 2.45) is 0 Å². The maximum absolute atomic E-state index is 12.1. The lowest BCUT2D eigenvalue weighted by Crippen LogP contribution is -2.29. The number of oxazole rings is 1. The molecule has 0 bridgehead atoms. The number of nitrogens with zero attached hydrogens (tertiary/aromatic N) is 3. The van der Waals surface area contributed by atoms with Crippen LogP contribution in [-0.4, -0.2) is 40.2 Å². The molecule has 0 radical (unpaired) electrons. The highest BCUT2D eigenvalue weighted by Crippen LogP contribution is 2.26. The number of carbonyl (C=O) groups is 1. The molecule has 134 valence electrons. The van der Waals surface area contributed by atoms with E-state index in [1.54, 1.807) is 11.9 Å². The second-order valence-corrected chi connectivity index (χ2v) is 5.44. The molecule has 0 unspecified atom stereocenters. The maximum atomic E-state index is 12.1. The number of ether oxygens (including phenoxy) is 2. The van der Waals surface area contributed by atoms with Gasteiger partial charge in [0.1, 0.15) is 12.0 Å². The minimum absolute atomic E-state index is 0.0957. The van der Waals surface area contributed by atoms with E-state index in [2.05, 4.69) is 14.7 Å². The predicted molar refractivity (Wildman–Crippen MR) is 76.9 cm³/mol. The monoisotopic (exact) mass is 357 g/mol. The first-order valence-electron chi connectivity index (χ1n) is 7.38. The molecule has 0 saturated heterocycles. The Labute approximate surface area is 140 Å². The first-order valence-corrected chi connectivity index (χ1v) is 7.38. The average molecular weight is 357 g/mol. The van der Waals surface area contributed by atoms with Gasteiger partial charge < -0.3 is 18.8 Å². The summed E-state index contributed by atoms with van der Waals surface area (Å²) in [6.07, 6.45) is -0.506. The molecule has 0 aromatic carbocycles. The number of hydrogen-bond acceptors (Lipinski definition) is 6. The van der Waals surface area contributed by atoms with Crippen molar-refractivity contribution in [2.75, 3.05) is 7.05 Å². The highest BCUT2D eigenvalue weighted by molar-refractivity contribution is 5.92. The first kappa shape index (κ1) is 17.1. The quantitative estimate of drug-likeness (QED) is 0.791. The van der Waals surface area contributed by atoms with Crippen molar-refractivity contribution in [2.45, 2.75) is 31.9 Å². The molecule has 3 rings (SSSR count). The number of aromatic nitrogens is 2. The smallest absolute Gasteiger partial charge is 0.482 e. The number of pyridine rings is 1. The summed E-state index contributed by atoms with van der Waals surface area (Å²) in [5, 5.41) is 0. The topological polar surface area (TPSA) is 77.7 Å². The summed E-state index contributed by atoms with van der Waals surface area (Å²) in [6, 6.07) is 2.55. The molecular formula is C15H14F3N3O4. The molecule has 1 amide bonds. The standard InChI is InChI=1S/C15H14F3N3O4/c1-21(9-2-3-9)14(22)11-7-24-13(20-11)8-23-10-4-5-12(19-6-10)25-15(16,17)18/h4-7,9H,2-3,8H2,1H3. The molecule has 1 saturated carbocycles. The molecule has 1 fully saturated rings. The van der Waals surface area contributed by atoms with Crippen LogP contribution in [0, 0.1) is 0 Å². The van der Waals surface area contributed by atoms with Gasteiger partial charge in [0.05, 0.1) is 6.20 Å². The Morgan fingerprint density at radius 2 is 2.16 bits per heavy atom. The van der Waals surface area contributed by atoms with Crippen molar-refractivity contribution in [1.29, 1.82) is 0 Å². The lowest BCUT2D eigenvalue weighted by Gasteiger charge is -2.13. The second-order valence-electron chi connectivity index (χ2n) is 5.44. The van der Waals surface area contributed by atoms with E-state index in [-0.39, 0.29) is 35.9 Å². The number of hydrogen-bond donors (Lipinski definition) is 0. The molecule has 2 aromatic rings. The molecule has 2 heterocycles. The van der Waals surface area contributed by atoms with Crippen molar-refractivity contribution < 1.29 is 31.9 Å². The number of alkyl halides is 3. The zero-order valence-corrected chi connectivity index (χ0v) is 13.1. The summed E-state index contributed by atoms with van der Waals surface area (Å²) in [5.74, 6) is -0.446. The molecule has 1 aliphatic carbocycles. The van der Waals surface area contributed by atoms with Crippen LogP contribution in [-0.2, 0) is 6.61 Å². The average Bonchev–Trinajstić information content (AvgIpc) is 3.30. The van der Waals surface area contributed by atoms with Gasteiger partial charge in [0.15, 0.2) is 12.3 Å². The van der Waals surface area contributed by atoms with Crippen LogP contribution in [0.5, 0.6) is 11.6 Å². The van der Waals surface area contributed by atoms with Crippen LogP contribution in [0.4, 0.5) is 13.2 Å². The van der Waals surface area contributed by atoms with E-state index < -0.39 is 12.2 Å². The Morgan fingerprint density at radius 1 is 1.40 bits per heavy atom. The number of halogens is 3. The highest BCUT2D eigenvalue weighted by Gasteiger charge is 2.32. The van der Waals surface area contributed by atoms with Crippen molar-refractivity contribution >= 4 is 5.91 Å². The second kappa shape index (κ2) is 6.61. The third-order valence-electron chi connectivity index (χ3n) is 3.48. The van der Waals surface area contributed by atoms with E-state index in [0.717, 1.165) is 25.1 Å². The zero-order valence-electron chi connectivity index (χ0n) is 13.1. The van der Waals surface area contributed by atoms with Gasteiger partial charge in [-0.1, -0.05) is 0 Å². The van der Waals surface area contributed by atoms with Gasteiger partial charge in [-0.2, -0.15) is 0 Å². The van der Waals surface area contributed by atoms with Crippen molar-refractivity contribution in [1.82, 2.24) is 14.9 Å². The van der Waals surface area contributed by atoms with Crippen molar-refractivity contribution in [3.63, 3.8) is 0 Å². The lowest BCUT2D eigenvalue weighted by atomic mass is 10.4. The Balaban J connectivity index is 1.54. The van der Waals surface area contributed by atoms with E-state index in [4.69, 9.17) is 9.15 Å². The lowest BCUT2D eigenvalue weighted by molar-refractivity contribution is -0.276. The van der Waals surface area contributed by atoms with E-state index in [1.807, 2.05) is 0 Å². The van der Waals surface area contributed by atoms with Crippen molar-refractivity contribution in [3.05, 3.63) is 36.2 Å². The van der Waals surface area contributed by atoms with Gasteiger partial charge in [-0.15, -0.1) is 13.2 Å². The fraction of sp³-hybridized carbons (Fsp3) is 0.400. The molecular weight excluding hydrogens is 343 g/mol. The summed E-state index contributed by atoms with van der Waals surface area (Å²) in [5.41, 5.74) is 0.181. The fourth-order valence-electron chi connectivity index (χ4n) is 2.06. The summed E-state index contributed by atoms with van der Waals surface area (Å²) < 4.78 is 50.3. The maximum Gasteiger partial charge on any atom is 0.574 e. The molecule has 0 aliphatic heterocycles. The number of rotatable bonds is 6. The zero-order chi connectivity index (χ0) is 18.0. The van der Waals surface area contributed by atoms with Crippen LogP contribution < -0.4 is 9.47 Å². The molecule has 7 nitrogen and oxygen atoms in total. The Bertz CT molecular complexity index is 741. The molecule has 0 atom stereocenters. The Kier molecular flexibility index (Phi) is 4.51. The number of carbonyl (C=O) groups excluding carboxylic acids is 1. The predicted octanol–water partition coefficient (Wildman–Crippen LogP) is 2.78. The van der Waals surface area contributed by atoms with Gasteiger partial charge in [-0.05, 0) is 18.9 Å². The van der Waals surface area contributed by atoms with Gasteiger partial charge in [0.2, 0.25) is 11.8 Å². The highest BCUT2D eigenvalue weighted by atomic mass is 19.4. The molecule has 0 spiro atoms. The summed E-state index contributed by atoms with van der Waals surface area (Å²) in [6.45, 7) is -0.0957. The van der Waals surface area contributed by atoms with Crippen LogP contribution in [0.2, 0.25) is 0 Å². The Morgan fingerprint density at radius 3 is 2.76 bits per heavy atom. The van der Waals surface area contributed by atoms with Gasteiger partial charge in [0, 0.05) is 19.2 Å². The molecule has 2 aromatic heterocycles. The molecule has 10 heteroatoms. The third-order valence-corrected chi connectivity index (χ3v) is 3.48. The SMILES string of the molecule is CN(C(=O)c1coc(COc2ccc(OC(F)(F)F)nc2)n1)C1CC1. The normalized spacial score (nSPS) is 14.2. The summed E-state index contributed by atoms with van der Waals surface area (Å²) in [7, 11) is 1.71. The fourth-order valence-corrected chi connectivity index (χ4v) is 2.06. The van der Waals surface area contributed by atoms with Gasteiger partial charge in [-0.3, -0.25) is 4.79 Å². The largest absolute Gasteiger partial charge is 0.574 e. The third kappa shape index (κ3) is 4.61. The number of amides is 1. The van der Waals surface area contributed by atoms with Crippen LogP contribution in [0.1, 0.15) is 29.2 Å². The molecule has 1 aliphatic rings. The molecule has 25 heavy (non-hydrogen) atoms. The van der Waals surface area contributed by atoms with E-state index >= 15 is 0 Å². The van der Waals surface area contributed by atoms with E-state index in [1.165, 1.54) is 12.3 Å². The van der Waals surface area contributed by atoms with Crippen molar-refractivity contribution in [3.8, 4) is 11.6 Å². The Hall–Kier alpha value is -2.78. The van der Waals surface area contributed by atoms with Gasteiger partial charge in [-0.25, -0.2) is 9.97 Å². The van der Waals surface area contributed by atoms with Gasteiger partial charge >= 0.3 is 6.36 Å². The van der Waals surface area contributed by atoms with Crippen LogP contribution in [0.3, 0.4) is 0 Å². The minimum Gasteiger partial charge on any atom is -0.482 e.